The molecule has 2 unspecified atom stereocenters. The number of hydrogen-bond donors (Lipinski definition) is 1. The number of nitrogens with zero attached hydrogens (tertiary/aromatic N) is 9. The third-order valence-electron chi connectivity index (χ3n) is 8.09. The molecule has 2 fully saturated rings. The number of hydrogen-bond acceptors (Lipinski definition) is 9. The molecule has 5 aromatic rings. The number of carbonyl (C=O) groups excluding carboxylic acids is 1. The Labute approximate surface area is 235 Å². The molecule has 2 aliphatic rings. The molecule has 1 saturated heterocycles. The maximum atomic E-state index is 12.5. The highest BCUT2D eigenvalue weighted by Gasteiger charge is 2.55. The molecule has 6 heterocycles. The second kappa shape index (κ2) is 9.71. The molecule has 2 atom stereocenters. The predicted molar refractivity (Wildman–Crippen MR) is 149 cm³/mol. The molecule has 1 aliphatic carbocycles. The predicted octanol–water partition coefficient (Wildman–Crippen LogP) is 2.58. The lowest BCUT2D eigenvalue weighted by Crippen LogP contribution is -2.31. The van der Waals surface area contributed by atoms with E-state index in [4.69, 9.17) is 14.7 Å². The Morgan fingerprint density at radius 2 is 1.90 bits per heavy atom. The van der Waals surface area contributed by atoms with Crippen LogP contribution in [0.15, 0.2) is 61.6 Å². The third kappa shape index (κ3) is 4.41. The molecule has 1 saturated carbocycles. The first-order valence-corrected chi connectivity index (χ1v) is 13.3. The number of fused-ring (bicyclic) bond motifs is 2. The van der Waals surface area contributed by atoms with Gasteiger partial charge in [0.05, 0.1) is 54.2 Å². The average molecular weight is 547 g/mol. The summed E-state index contributed by atoms with van der Waals surface area (Å²) in [5.74, 6) is 2.68. The largest absolute Gasteiger partial charge is 0.481 e. The highest BCUT2D eigenvalue weighted by molar-refractivity contribution is 5.94. The van der Waals surface area contributed by atoms with Gasteiger partial charge < -0.3 is 15.0 Å². The number of nitrogens with one attached hydrogen (secondary N) is 1. The maximum absolute atomic E-state index is 12.5. The number of anilines is 1. The monoisotopic (exact) mass is 546 g/mol. The van der Waals surface area contributed by atoms with Crippen molar-refractivity contribution in [3.05, 3.63) is 72.7 Å². The van der Waals surface area contributed by atoms with Crippen LogP contribution in [-0.2, 0) is 7.05 Å². The second-order valence-electron chi connectivity index (χ2n) is 10.5. The summed E-state index contributed by atoms with van der Waals surface area (Å²) in [6.07, 6.45) is 12.3. The minimum Gasteiger partial charge on any atom is -0.481 e. The van der Waals surface area contributed by atoms with Crippen molar-refractivity contribution in [3.8, 4) is 34.3 Å². The number of piperidine rings is 1. The molecular weight excluding hydrogens is 520 g/mol. The van der Waals surface area contributed by atoms with Gasteiger partial charge >= 0.3 is 0 Å². The van der Waals surface area contributed by atoms with Gasteiger partial charge in [0.2, 0.25) is 5.88 Å². The first-order chi connectivity index (χ1) is 20.0. The van der Waals surface area contributed by atoms with Crippen molar-refractivity contribution in [2.45, 2.75) is 0 Å². The van der Waals surface area contributed by atoms with Gasteiger partial charge in [0.1, 0.15) is 11.9 Å². The van der Waals surface area contributed by atoms with E-state index in [1.54, 1.807) is 53.2 Å². The van der Waals surface area contributed by atoms with Crippen molar-refractivity contribution >= 4 is 17.2 Å². The SMILES string of the molecule is COc1ccc(C(=O)NCC2C3CN(c4cnc(-c5cc(-c6cnn(C)c6)cn6ncc(C#N)c56)cn4)CC23)cn1. The Kier molecular flexibility index (Phi) is 5.85. The van der Waals surface area contributed by atoms with E-state index in [2.05, 4.69) is 31.5 Å². The third-order valence-corrected chi connectivity index (χ3v) is 8.09. The Morgan fingerprint density at radius 1 is 1.05 bits per heavy atom. The second-order valence-corrected chi connectivity index (χ2v) is 10.5. The fourth-order valence-electron chi connectivity index (χ4n) is 5.84. The van der Waals surface area contributed by atoms with Gasteiger partial charge in [-0.25, -0.2) is 14.5 Å². The fraction of sp³-hybridized carbons (Fsp3) is 0.276. The molecule has 0 bridgehead atoms. The molecule has 0 spiro atoms. The number of aromatic nitrogens is 7. The summed E-state index contributed by atoms with van der Waals surface area (Å²) in [5, 5.41) is 21.4. The van der Waals surface area contributed by atoms with Gasteiger partial charge in [-0.3, -0.25) is 14.5 Å². The topological polar surface area (TPSA) is 139 Å². The quantitative estimate of drug-likeness (QED) is 0.326. The summed E-state index contributed by atoms with van der Waals surface area (Å²) in [6, 6.07) is 7.64. The van der Waals surface area contributed by atoms with Crippen LogP contribution in [0.3, 0.4) is 0 Å². The standard InChI is InChI=1S/C29H26N10O2/c1-37-13-20(9-35-37)18-5-21(28-19(6-30)8-36-39(28)14-18)25-11-32-26(12-31-25)38-15-23-22(24(23)16-38)10-34-29(40)17-3-4-27(41-2)33-7-17/h3-5,7-9,11-14,22-24H,10,15-16H2,1-2H3,(H,34,40). The number of rotatable bonds is 7. The van der Waals surface area contributed by atoms with E-state index in [9.17, 15) is 10.1 Å². The van der Waals surface area contributed by atoms with E-state index in [1.165, 1.54) is 6.20 Å². The van der Waals surface area contributed by atoms with Crippen LogP contribution < -0.4 is 15.0 Å². The molecule has 12 nitrogen and oxygen atoms in total. The number of methoxy groups -OCH3 is 1. The minimum absolute atomic E-state index is 0.122. The summed E-state index contributed by atoms with van der Waals surface area (Å²) in [7, 11) is 3.42. The van der Waals surface area contributed by atoms with E-state index in [0.717, 1.165) is 35.6 Å². The number of carbonyl (C=O) groups is 1. The Morgan fingerprint density at radius 3 is 2.56 bits per heavy atom. The average Bonchev–Trinajstić information content (AvgIpc) is 3.44. The van der Waals surface area contributed by atoms with Crippen molar-refractivity contribution in [3.63, 3.8) is 0 Å². The van der Waals surface area contributed by atoms with Gasteiger partial charge in [-0.1, -0.05) is 0 Å². The smallest absolute Gasteiger partial charge is 0.252 e. The van der Waals surface area contributed by atoms with E-state index < -0.39 is 0 Å². The summed E-state index contributed by atoms with van der Waals surface area (Å²) < 4.78 is 8.51. The van der Waals surface area contributed by atoms with Crippen LogP contribution in [0, 0.1) is 29.1 Å². The van der Waals surface area contributed by atoms with Crippen LogP contribution >= 0.6 is 0 Å². The number of aryl methyl sites for hydroxylation is 1. The molecule has 204 valence electrons. The number of nitriles is 1. The summed E-state index contributed by atoms with van der Waals surface area (Å²) in [5.41, 5.74) is 5.00. The van der Waals surface area contributed by atoms with Crippen molar-refractivity contribution < 1.29 is 9.53 Å². The molecule has 12 heteroatoms. The number of pyridine rings is 2. The van der Waals surface area contributed by atoms with E-state index >= 15 is 0 Å². The van der Waals surface area contributed by atoms with E-state index in [0.29, 0.717) is 52.5 Å². The van der Waals surface area contributed by atoms with Gasteiger partial charge in [0, 0.05) is 68.0 Å². The van der Waals surface area contributed by atoms with Crippen LogP contribution in [0.4, 0.5) is 5.82 Å². The zero-order valence-corrected chi connectivity index (χ0v) is 22.5. The van der Waals surface area contributed by atoms with Crippen molar-refractivity contribution in [2.24, 2.45) is 24.8 Å². The first kappa shape index (κ1) is 24.7. The van der Waals surface area contributed by atoms with Crippen molar-refractivity contribution in [1.29, 1.82) is 5.26 Å². The summed E-state index contributed by atoms with van der Waals surface area (Å²) in [6.45, 7) is 2.41. The molecule has 41 heavy (non-hydrogen) atoms. The van der Waals surface area contributed by atoms with Crippen LogP contribution in [0.1, 0.15) is 15.9 Å². The molecule has 1 amide bonds. The molecule has 0 radical (unpaired) electrons. The molecule has 5 aromatic heterocycles. The van der Waals surface area contributed by atoms with Crippen molar-refractivity contribution in [2.75, 3.05) is 31.6 Å². The molecule has 0 aromatic carbocycles. The first-order valence-electron chi connectivity index (χ1n) is 13.3. The zero-order valence-electron chi connectivity index (χ0n) is 22.5. The Hall–Kier alpha value is -5.31. The van der Waals surface area contributed by atoms with Gasteiger partial charge in [-0.05, 0) is 29.9 Å². The van der Waals surface area contributed by atoms with E-state index in [1.807, 2.05) is 25.5 Å². The zero-order chi connectivity index (χ0) is 28.1. The Balaban J connectivity index is 1.04. The number of ether oxygens (including phenoxy) is 1. The summed E-state index contributed by atoms with van der Waals surface area (Å²) in [4.78, 5) is 28.3. The van der Waals surface area contributed by atoms with Crippen LogP contribution in [0.25, 0.3) is 27.9 Å². The highest BCUT2D eigenvalue weighted by atomic mass is 16.5. The lowest BCUT2D eigenvalue weighted by atomic mass is 10.0. The van der Waals surface area contributed by atoms with Crippen LogP contribution in [0.5, 0.6) is 5.88 Å². The maximum Gasteiger partial charge on any atom is 0.252 e. The lowest BCUT2D eigenvalue weighted by molar-refractivity contribution is 0.0950. The van der Waals surface area contributed by atoms with Gasteiger partial charge in [-0.15, -0.1) is 0 Å². The molecule has 1 N–H and O–H groups in total. The van der Waals surface area contributed by atoms with Gasteiger partial charge in [-0.2, -0.15) is 15.5 Å². The van der Waals surface area contributed by atoms with Gasteiger partial charge in [0.15, 0.2) is 0 Å². The molecular formula is C29H26N10O2. The van der Waals surface area contributed by atoms with Crippen molar-refractivity contribution in [1.82, 2.24) is 39.7 Å². The minimum atomic E-state index is -0.122. The normalized spacial score (nSPS) is 19.1. The molecule has 1 aliphatic heterocycles. The van der Waals surface area contributed by atoms with E-state index in [-0.39, 0.29) is 5.91 Å². The summed E-state index contributed by atoms with van der Waals surface area (Å²) >= 11 is 0. The lowest BCUT2D eigenvalue weighted by Gasteiger charge is -2.21. The highest BCUT2D eigenvalue weighted by Crippen LogP contribution is 2.52. The van der Waals surface area contributed by atoms with Crippen LogP contribution in [0.2, 0.25) is 0 Å². The van der Waals surface area contributed by atoms with Gasteiger partial charge in [0.25, 0.3) is 5.91 Å². The molecule has 7 rings (SSSR count). The number of amides is 1. The Bertz CT molecular complexity index is 1790. The fourth-order valence-corrected chi connectivity index (χ4v) is 5.84. The van der Waals surface area contributed by atoms with Crippen LogP contribution in [-0.4, -0.2) is 67.0 Å².